The number of nitrogens with one attached hydrogen (secondary N) is 1. The molecule has 1 aromatic rings. The molecule has 0 aromatic heterocycles. The van der Waals surface area contributed by atoms with Gasteiger partial charge in [0.15, 0.2) is 0 Å². The van der Waals surface area contributed by atoms with Crippen molar-refractivity contribution < 1.29 is 9.53 Å². The van der Waals surface area contributed by atoms with Crippen LogP contribution < -0.4 is 10.1 Å². The van der Waals surface area contributed by atoms with Crippen LogP contribution in [0, 0.1) is 0 Å². The van der Waals surface area contributed by atoms with Crippen LogP contribution in [0.25, 0.3) is 0 Å². The van der Waals surface area contributed by atoms with E-state index in [1.54, 1.807) is 25.1 Å². The van der Waals surface area contributed by atoms with Crippen LogP contribution in [0.1, 0.15) is 17.3 Å². The van der Waals surface area contributed by atoms with Crippen LogP contribution in [0.15, 0.2) is 22.7 Å². The summed E-state index contributed by atoms with van der Waals surface area (Å²) >= 11 is 14.9. The van der Waals surface area contributed by atoms with Gasteiger partial charge in [0, 0.05) is 16.2 Å². The second-order valence-electron chi connectivity index (χ2n) is 4.13. The zero-order valence-electron chi connectivity index (χ0n) is 10.1. The van der Waals surface area contributed by atoms with Crippen LogP contribution in [0.3, 0.4) is 0 Å². The van der Waals surface area contributed by atoms with E-state index in [1.165, 1.54) is 7.11 Å². The number of methoxy groups -OCH3 is 1. The van der Waals surface area contributed by atoms with E-state index in [9.17, 15) is 4.79 Å². The molecule has 0 aliphatic carbocycles. The molecule has 0 bridgehead atoms. The molecule has 1 aromatic carbocycles. The molecule has 0 fully saturated rings. The van der Waals surface area contributed by atoms with Gasteiger partial charge in [-0.2, -0.15) is 0 Å². The third kappa shape index (κ3) is 3.77. The maximum Gasteiger partial charge on any atom is 0.255 e. The van der Waals surface area contributed by atoms with E-state index < -0.39 is 5.54 Å². The van der Waals surface area contributed by atoms with Crippen molar-refractivity contribution in [2.24, 2.45) is 0 Å². The third-order valence-corrected chi connectivity index (χ3v) is 4.08. The average Bonchev–Trinajstić information content (AvgIpc) is 2.38. The summed E-state index contributed by atoms with van der Waals surface area (Å²) in [6.45, 7) is 1.79. The van der Waals surface area contributed by atoms with Crippen LogP contribution in [0.2, 0.25) is 0 Å². The van der Waals surface area contributed by atoms with E-state index in [4.69, 9.17) is 27.9 Å². The summed E-state index contributed by atoms with van der Waals surface area (Å²) in [6.07, 6.45) is 0. The Kier molecular flexibility index (Phi) is 5.76. The second kappa shape index (κ2) is 6.64. The predicted molar refractivity (Wildman–Crippen MR) is 78.0 cm³/mol. The first-order chi connectivity index (χ1) is 8.45. The van der Waals surface area contributed by atoms with Crippen molar-refractivity contribution in [3.63, 3.8) is 0 Å². The average molecular weight is 355 g/mol. The van der Waals surface area contributed by atoms with Gasteiger partial charge in [0.1, 0.15) is 5.75 Å². The Hall–Kier alpha value is -0.450. The van der Waals surface area contributed by atoms with Gasteiger partial charge in [-0.3, -0.25) is 4.79 Å². The van der Waals surface area contributed by atoms with Crippen LogP contribution >= 0.6 is 39.1 Å². The van der Waals surface area contributed by atoms with Crippen molar-refractivity contribution in [3.8, 4) is 5.75 Å². The lowest BCUT2D eigenvalue weighted by Crippen LogP contribution is -2.49. The third-order valence-electron chi connectivity index (χ3n) is 2.41. The molecule has 6 heteroatoms. The van der Waals surface area contributed by atoms with E-state index in [-0.39, 0.29) is 17.7 Å². The summed E-state index contributed by atoms with van der Waals surface area (Å²) in [5, 5.41) is 2.81. The fraction of sp³-hybridized carbons (Fsp3) is 0.417. The van der Waals surface area contributed by atoms with Gasteiger partial charge in [-0.15, -0.1) is 23.2 Å². The van der Waals surface area contributed by atoms with Gasteiger partial charge in [0.05, 0.1) is 18.2 Å². The van der Waals surface area contributed by atoms with Gasteiger partial charge < -0.3 is 10.1 Å². The standard InChI is InChI=1S/C12H14BrCl2NO2/c1-12(6-14,7-15)16-11(17)9-5-8(13)3-4-10(9)18-2/h3-5H,6-7H2,1-2H3,(H,16,17). The lowest BCUT2D eigenvalue weighted by molar-refractivity contribution is 0.0918. The first kappa shape index (κ1) is 15.6. The van der Waals surface area contributed by atoms with Crippen molar-refractivity contribution in [1.82, 2.24) is 5.32 Å². The molecule has 100 valence electrons. The molecule has 0 aliphatic rings. The number of halogens is 3. The number of ether oxygens (including phenoxy) is 1. The molecule has 0 saturated carbocycles. The van der Waals surface area contributed by atoms with Crippen LogP contribution in [0.4, 0.5) is 0 Å². The van der Waals surface area contributed by atoms with Crippen LogP contribution in [-0.2, 0) is 0 Å². The second-order valence-corrected chi connectivity index (χ2v) is 5.58. The van der Waals surface area contributed by atoms with Gasteiger partial charge in [0.25, 0.3) is 5.91 Å². The summed E-state index contributed by atoms with van der Waals surface area (Å²) in [7, 11) is 1.52. The zero-order valence-corrected chi connectivity index (χ0v) is 13.2. The fourth-order valence-electron chi connectivity index (χ4n) is 1.30. The number of hydrogen-bond donors (Lipinski definition) is 1. The Morgan fingerprint density at radius 2 is 2.06 bits per heavy atom. The molecule has 0 spiro atoms. The zero-order chi connectivity index (χ0) is 13.8. The predicted octanol–water partition coefficient (Wildman–Crippen LogP) is 3.42. The molecule has 0 radical (unpaired) electrons. The lowest BCUT2D eigenvalue weighted by Gasteiger charge is -2.26. The minimum Gasteiger partial charge on any atom is -0.496 e. The SMILES string of the molecule is COc1ccc(Br)cc1C(=O)NC(C)(CCl)CCl. The maximum atomic E-state index is 12.2. The van der Waals surface area contributed by atoms with Crippen molar-refractivity contribution >= 4 is 45.0 Å². The highest BCUT2D eigenvalue weighted by molar-refractivity contribution is 9.10. The molecule has 0 heterocycles. The minimum absolute atomic E-state index is 0.235. The summed E-state index contributed by atoms with van der Waals surface area (Å²) in [6, 6.07) is 5.21. The number of hydrogen-bond acceptors (Lipinski definition) is 2. The quantitative estimate of drug-likeness (QED) is 0.822. The molecule has 18 heavy (non-hydrogen) atoms. The van der Waals surface area contributed by atoms with Crippen LogP contribution in [0.5, 0.6) is 5.75 Å². The topological polar surface area (TPSA) is 38.3 Å². The number of carbonyl (C=O) groups is 1. The van der Waals surface area contributed by atoms with E-state index in [0.717, 1.165) is 4.47 Å². The highest BCUT2D eigenvalue weighted by Crippen LogP contribution is 2.23. The first-order valence-corrected chi connectivity index (χ1v) is 7.10. The molecule has 0 aliphatic heterocycles. The molecule has 3 nitrogen and oxygen atoms in total. The molecular weight excluding hydrogens is 341 g/mol. The normalized spacial score (nSPS) is 11.2. The number of alkyl halides is 2. The van der Waals surface area contributed by atoms with Crippen molar-refractivity contribution in [1.29, 1.82) is 0 Å². The van der Waals surface area contributed by atoms with E-state index in [1.807, 2.05) is 0 Å². The van der Waals surface area contributed by atoms with Gasteiger partial charge >= 0.3 is 0 Å². The maximum absolute atomic E-state index is 12.2. The van der Waals surface area contributed by atoms with E-state index in [0.29, 0.717) is 11.3 Å². The smallest absolute Gasteiger partial charge is 0.255 e. The van der Waals surface area contributed by atoms with Crippen molar-refractivity contribution in [2.45, 2.75) is 12.5 Å². The molecule has 1 rings (SSSR count). The molecular formula is C12H14BrCl2NO2. The fourth-order valence-corrected chi connectivity index (χ4v) is 2.08. The van der Waals surface area contributed by atoms with Gasteiger partial charge in [-0.25, -0.2) is 0 Å². The Balaban J connectivity index is 3.00. The largest absolute Gasteiger partial charge is 0.496 e. The van der Waals surface area contributed by atoms with Crippen molar-refractivity contribution in [3.05, 3.63) is 28.2 Å². The number of carbonyl (C=O) groups excluding carboxylic acids is 1. The molecule has 0 unspecified atom stereocenters. The number of rotatable bonds is 5. The Morgan fingerprint density at radius 1 is 1.44 bits per heavy atom. The van der Waals surface area contributed by atoms with Crippen molar-refractivity contribution in [2.75, 3.05) is 18.9 Å². The van der Waals surface area contributed by atoms with Gasteiger partial charge in [0.2, 0.25) is 0 Å². The Bertz CT molecular complexity index is 436. The Labute approximate surface area is 125 Å². The summed E-state index contributed by atoms with van der Waals surface area (Å²) in [4.78, 5) is 12.2. The monoisotopic (exact) mass is 353 g/mol. The molecule has 0 saturated heterocycles. The number of benzene rings is 1. The molecule has 1 N–H and O–H groups in total. The van der Waals surface area contributed by atoms with Crippen LogP contribution in [-0.4, -0.2) is 30.3 Å². The van der Waals surface area contributed by atoms with E-state index >= 15 is 0 Å². The Morgan fingerprint density at radius 3 is 2.56 bits per heavy atom. The summed E-state index contributed by atoms with van der Waals surface area (Å²) in [5.74, 6) is 0.705. The minimum atomic E-state index is -0.645. The number of amides is 1. The lowest BCUT2D eigenvalue weighted by atomic mass is 10.1. The highest BCUT2D eigenvalue weighted by Gasteiger charge is 2.26. The van der Waals surface area contributed by atoms with Gasteiger partial charge in [-0.1, -0.05) is 15.9 Å². The first-order valence-electron chi connectivity index (χ1n) is 5.24. The summed E-state index contributed by atoms with van der Waals surface area (Å²) in [5.41, 5.74) is -0.207. The molecule has 1 amide bonds. The van der Waals surface area contributed by atoms with E-state index in [2.05, 4.69) is 21.2 Å². The summed E-state index contributed by atoms with van der Waals surface area (Å²) < 4.78 is 5.95. The molecule has 0 atom stereocenters. The highest BCUT2D eigenvalue weighted by atomic mass is 79.9. The van der Waals surface area contributed by atoms with Gasteiger partial charge in [-0.05, 0) is 25.1 Å².